The molecule has 6 heteroatoms. The number of amides is 1. The van der Waals surface area contributed by atoms with Crippen molar-refractivity contribution >= 4 is 22.8 Å². The van der Waals surface area contributed by atoms with Gasteiger partial charge in [0, 0.05) is 42.9 Å². The van der Waals surface area contributed by atoms with Gasteiger partial charge in [-0.05, 0) is 12.1 Å². The molecule has 1 aliphatic rings. The van der Waals surface area contributed by atoms with E-state index in [1.54, 1.807) is 11.0 Å². The average molecular weight is 291 g/mol. The fourth-order valence-corrected chi connectivity index (χ4v) is 2.66. The van der Waals surface area contributed by atoms with E-state index in [0.29, 0.717) is 29.6 Å². The summed E-state index contributed by atoms with van der Waals surface area (Å²) in [5.74, 6) is -0.952. The maximum absolute atomic E-state index is 13.3. The van der Waals surface area contributed by atoms with Gasteiger partial charge in [0.15, 0.2) is 0 Å². The summed E-state index contributed by atoms with van der Waals surface area (Å²) in [6.07, 6.45) is 0. The molecule has 3 rings (SSSR count). The van der Waals surface area contributed by atoms with Crippen LogP contribution in [0.5, 0.6) is 0 Å². The van der Waals surface area contributed by atoms with Crippen LogP contribution in [0.1, 0.15) is 29.0 Å². The molecule has 0 bridgehead atoms. The molecule has 1 aliphatic heterocycles. The SMILES string of the molecule is COC(=O)c1oc2cc(F)ccc2c1C1CN(C(C)=O)C1. The topological polar surface area (TPSA) is 59.8 Å². The monoisotopic (exact) mass is 291 g/mol. The summed E-state index contributed by atoms with van der Waals surface area (Å²) in [5.41, 5.74) is 1.00. The van der Waals surface area contributed by atoms with Crippen LogP contribution < -0.4 is 0 Å². The molecule has 0 unspecified atom stereocenters. The number of hydrogen-bond donors (Lipinski definition) is 0. The Balaban J connectivity index is 2.06. The molecule has 0 aliphatic carbocycles. The van der Waals surface area contributed by atoms with Gasteiger partial charge in [-0.1, -0.05) is 0 Å². The van der Waals surface area contributed by atoms with Crippen LogP contribution in [0.15, 0.2) is 22.6 Å². The lowest BCUT2D eigenvalue weighted by Crippen LogP contribution is -2.47. The third-order valence-corrected chi connectivity index (χ3v) is 3.80. The molecule has 0 spiro atoms. The molecule has 1 aromatic heterocycles. The Morgan fingerprint density at radius 1 is 1.38 bits per heavy atom. The number of fused-ring (bicyclic) bond motifs is 1. The van der Waals surface area contributed by atoms with Crippen molar-refractivity contribution in [3.63, 3.8) is 0 Å². The molecule has 1 amide bonds. The Kier molecular flexibility index (Phi) is 3.16. The van der Waals surface area contributed by atoms with Crippen molar-refractivity contribution in [3.8, 4) is 0 Å². The normalized spacial score (nSPS) is 15.1. The van der Waals surface area contributed by atoms with Gasteiger partial charge in [0.05, 0.1) is 7.11 Å². The van der Waals surface area contributed by atoms with Crippen molar-refractivity contribution in [1.82, 2.24) is 4.90 Å². The lowest BCUT2D eigenvalue weighted by molar-refractivity contribution is -0.133. The number of esters is 1. The standard InChI is InChI=1S/C15H14FNO4/c1-8(18)17-6-9(7-17)13-11-4-3-10(16)5-12(11)21-14(13)15(19)20-2/h3-5,9H,6-7H2,1-2H3. The van der Waals surface area contributed by atoms with Gasteiger partial charge < -0.3 is 14.1 Å². The van der Waals surface area contributed by atoms with Gasteiger partial charge in [0.2, 0.25) is 11.7 Å². The van der Waals surface area contributed by atoms with Crippen molar-refractivity contribution in [3.05, 3.63) is 35.3 Å². The first-order valence-corrected chi connectivity index (χ1v) is 6.57. The predicted octanol–water partition coefficient (Wildman–Crippen LogP) is 2.30. The highest BCUT2D eigenvalue weighted by Gasteiger charge is 2.36. The summed E-state index contributed by atoms with van der Waals surface area (Å²) in [6, 6.07) is 4.16. The fraction of sp³-hybridized carbons (Fsp3) is 0.333. The first-order chi connectivity index (χ1) is 10.0. The lowest BCUT2D eigenvalue weighted by Gasteiger charge is -2.38. The number of likely N-dealkylation sites (tertiary alicyclic amines) is 1. The molecule has 1 fully saturated rings. The Morgan fingerprint density at radius 3 is 2.71 bits per heavy atom. The zero-order valence-electron chi connectivity index (χ0n) is 11.7. The van der Waals surface area contributed by atoms with E-state index in [-0.39, 0.29) is 17.6 Å². The van der Waals surface area contributed by atoms with Crippen LogP contribution in [0, 0.1) is 5.82 Å². The molecule has 1 aromatic carbocycles. The molecule has 0 saturated carbocycles. The number of benzene rings is 1. The number of ether oxygens (including phenoxy) is 1. The van der Waals surface area contributed by atoms with Crippen LogP contribution in [0.2, 0.25) is 0 Å². The van der Waals surface area contributed by atoms with Crippen molar-refractivity contribution < 1.29 is 23.1 Å². The second-order valence-corrected chi connectivity index (χ2v) is 5.10. The van der Waals surface area contributed by atoms with E-state index >= 15 is 0 Å². The average Bonchev–Trinajstić information content (AvgIpc) is 2.74. The van der Waals surface area contributed by atoms with E-state index in [0.717, 1.165) is 0 Å². The number of nitrogens with zero attached hydrogens (tertiary/aromatic N) is 1. The number of carbonyl (C=O) groups is 2. The number of rotatable bonds is 2. The summed E-state index contributed by atoms with van der Waals surface area (Å²) in [5, 5.41) is 0.685. The molecule has 2 heterocycles. The van der Waals surface area contributed by atoms with E-state index in [1.807, 2.05) is 0 Å². The number of furan rings is 1. The minimum absolute atomic E-state index is 0.00490. The van der Waals surface area contributed by atoms with E-state index in [9.17, 15) is 14.0 Å². The van der Waals surface area contributed by atoms with Crippen LogP contribution in [-0.4, -0.2) is 37.0 Å². The van der Waals surface area contributed by atoms with Gasteiger partial charge in [0.25, 0.3) is 0 Å². The van der Waals surface area contributed by atoms with Gasteiger partial charge in [0.1, 0.15) is 11.4 Å². The van der Waals surface area contributed by atoms with Crippen LogP contribution in [0.4, 0.5) is 4.39 Å². The summed E-state index contributed by atoms with van der Waals surface area (Å²) >= 11 is 0. The van der Waals surface area contributed by atoms with Crippen LogP contribution in [-0.2, 0) is 9.53 Å². The third-order valence-electron chi connectivity index (χ3n) is 3.80. The Morgan fingerprint density at radius 2 is 2.10 bits per heavy atom. The van der Waals surface area contributed by atoms with Crippen LogP contribution in [0.3, 0.4) is 0 Å². The molecule has 0 N–H and O–H groups in total. The maximum Gasteiger partial charge on any atom is 0.374 e. The number of hydrogen-bond acceptors (Lipinski definition) is 4. The highest BCUT2D eigenvalue weighted by Crippen LogP contribution is 2.37. The van der Waals surface area contributed by atoms with Crippen molar-refractivity contribution in [1.29, 1.82) is 0 Å². The Hall–Kier alpha value is -2.37. The maximum atomic E-state index is 13.3. The minimum Gasteiger partial charge on any atom is -0.463 e. The highest BCUT2D eigenvalue weighted by atomic mass is 19.1. The quantitative estimate of drug-likeness (QED) is 0.797. The van der Waals surface area contributed by atoms with E-state index in [1.165, 1.54) is 26.2 Å². The van der Waals surface area contributed by atoms with Crippen molar-refractivity contribution in [2.75, 3.05) is 20.2 Å². The molecule has 2 aromatic rings. The second-order valence-electron chi connectivity index (χ2n) is 5.10. The summed E-state index contributed by atoms with van der Waals surface area (Å²) in [7, 11) is 1.27. The van der Waals surface area contributed by atoms with Crippen molar-refractivity contribution in [2.45, 2.75) is 12.8 Å². The Labute approximate surface area is 120 Å². The zero-order valence-corrected chi connectivity index (χ0v) is 11.7. The van der Waals surface area contributed by atoms with Crippen LogP contribution >= 0.6 is 0 Å². The van der Waals surface area contributed by atoms with E-state index < -0.39 is 11.8 Å². The van der Waals surface area contributed by atoms with E-state index in [2.05, 4.69) is 0 Å². The number of halogens is 1. The second kappa shape index (κ2) is 4.87. The fourth-order valence-electron chi connectivity index (χ4n) is 2.66. The largest absolute Gasteiger partial charge is 0.463 e. The summed E-state index contributed by atoms with van der Waals surface area (Å²) < 4.78 is 23.5. The van der Waals surface area contributed by atoms with E-state index in [4.69, 9.17) is 9.15 Å². The van der Waals surface area contributed by atoms with Gasteiger partial charge in [-0.3, -0.25) is 4.79 Å². The molecule has 5 nitrogen and oxygen atoms in total. The van der Waals surface area contributed by atoms with Gasteiger partial charge in [-0.2, -0.15) is 0 Å². The molecule has 1 saturated heterocycles. The van der Waals surface area contributed by atoms with Crippen LogP contribution in [0.25, 0.3) is 11.0 Å². The number of carbonyl (C=O) groups excluding carboxylic acids is 2. The summed E-state index contributed by atoms with van der Waals surface area (Å²) in [4.78, 5) is 24.8. The summed E-state index contributed by atoms with van der Waals surface area (Å²) in [6.45, 7) is 2.54. The minimum atomic E-state index is -0.595. The highest BCUT2D eigenvalue weighted by molar-refractivity contribution is 5.96. The van der Waals surface area contributed by atoms with Crippen molar-refractivity contribution in [2.24, 2.45) is 0 Å². The molecule has 21 heavy (non-hydrogen) atoms. The van der Waals surface area contributed by atoms with Gasteiger partial charge in [-0.15, -0.1) is 0 Å². The first-order valence-electron chi connectivity index (χ1n) is 6.57. The Bertz CT molecular complexity index is 731. The lowest BCUT2D eigenvalue weighted by atomic mass is 9.89. The van der Waals surface area contributed by atoms with Gasteiger partial charge in [-0.25, -0.2) is 9.18 Å². The molecule has 0 radical (unpaired) electrons. The molecular weight excluding hydrogens is 277 g/mol. The predicted molar refractivity (Wildman–Crippen MR) is 72.5 cm³/mol. The smallest absolute Gasteiger partial charge is 0.374 e. The van der Waals surface area contributed by atoms with Gasteiger partial charge >= 0.3 is 5.97 Å². The number of methoxy groups -OCH3 is 1. The third kappa shape index (κ3) is 2.16. The molecular formula is C15H14FNO4. The molecule has 110 valence electrons. The zero-order chi connectivity index (χ0) is 15.1. The first kappa shape index (κ1) is 13.6. The molecule has 0 atom stereocenters.